The van der Waals surface area contributed by atoms with Crippen molar-refractivity contribution in [1.82, 2.24) is 4.57 Å². The fourth-order valence-corrected chi connectivity index (χ4v) is 3.25. The fourth-order valence-electron chi connectivity index (χ4n) is 3.25. The van der Waals surface area contributed by atoms with Crippen LogP contribution < -0.4 is 0 Å². The van der Waals surface area contributed by atoms with Crippen molar-refractivity contribution < 1.29 is 9.90 Å². The van der Waals surface area contributed by atoms with Crippen molar-refractivity contribution in [2.45, 2.75) is 6.54 Å². The lowest BCUT2D eigenvalue weighted by atomic mass is 10.1. The molecule has 4 aromatic rings. The summed E-state index contributed by atoms with van der Waals surface area (Å²) < 4.78 is 2.17. The number of hydrogen-bond acceptors (Lipinski definition) is 1. The molecule has 0 saturated carbocycles. The lowest BCUT2D eigenvalue weighted by molar-refractivity contribution is -0.131. The molecule has 3 heteroatoms. The molecule has 3 nitrogen and oxygen atoms in total. The Balaban J connectivity index is 1.76. The highest BCUT2D eigenvalue weighted by atomic mass is 16.4. The van der Waals surface area contributed by atoms with Crippen LogP contribution in [0, 0.1) is 0 Å². The van der Waals surface area contributed by atoms with Gasteiger partial charge in [0.1, 0.15) is 0 Å². The van der Waals surface area contributed by atoms with E-state index in [0.29, 0.717) is 0 Å². The van der Waals surface area contributed by atoms with E-state index in [2.05, 4.69) is 47.2 Å². The van der Waals surface area contributed by atoms with Gasteiger partial charge in [-0.25, -0.2) is 4.79 Å². The van der Waals surface area contributed by atoms with E-state index >= 15 is 0 Å². The molecule has 0 saturated heterocycles. The number of para-hydroxylation sites is 1. The number of carboxylic acid groups (broad SMARTS) is 1. The second-order valence-electron chi connectivity index (χ2n) is 6.08. The second kappa shape index (κ2) is 6.29. The molecule has 0 unspecified atom stereocenters. The zero-order valence-electron chi connectivity index (χ0n) is 13.6. The maximum absolute atomic E-state index is 10.9. The van der Waals surface area contributed by atoms with Crippen LogP contribution in [-0.2, 0) is 11.3 Å². The second-order valence-corrected chi connectivity index (χ2v) is 6.08. The van der Waals surface area contributed by atoms with E-state index in [1.54, 1.807) is 6.08 Å². The summed E-state index contributed by atoms with van der Waals surface area (Å²) in [5.74, 6) is -0.940. The summed E-state index contributed by atoms with van der Waals surface area (Å²) in [4.78, 5) is 10.9. The number of benzene rings is 3. The van der Waals surface area contributed by atoms with Crippen LogP contribution in [0.5, 0.6) is 0 Å². The van der Waals surface area contributed by atoms with E-state index in [1.807, 2.05) is 30.3 Å². The van der Waals surface area contributed by atoms with Gasteiger partial charge < -0.3 is 9.67 Å². The molecular weight excluding hydrogens is 310 g/mol. The van der Waals surface area contributed by atoms with E-state index in [-0.39, 0.29) is 0 Å². The number of rotatable bonds is 4. The van der Waals surface area contributed by atoms with Gasteiger partial charge in [-0.3, -0.25) is 0 Å². The molecule has 3 aromatic carbocycles. The number of fused-ring (bicyclic) bond motifs is 2. The summed E-state index contributed by atoms with van der Waals surface area (Å²) >= 11 is 0. The predicted octanol–water partition coefficient (Wildman–Crippen LogP) is 4.94. The monoisotopic (exact) mass is 327 g/mol. The summed E-state index contributed by atoms with van der Waals surface area (Å²) in [5, 5.41) is 12.5. The van der Waals surface area contributed by atoms with Crippen LogP contribution in [0.3, 0.4) is 0 Å². The van der Waals surface area contributed by atoms with Gasteiger partial charge in [-0.05, 0) is 40.1 Å². The highest BCUT2D eigenvalue weighted by Gasteiger charge is 2.06. The zero-order chi connectivity index (χ0) is 17.2. The third kappa shape index (κ3) is 3.04. The Labute approximate surface area is 145 Å². The summed E-state index contributed by atoms with van der Waals surface area (Å²) in [6.45, 7) is 0.742. The molecule has 0 fully saturated rings. The van der Waals surface area contributed by atoms with Crippen LogP contribution in [0.15, 0.2) is 79.0 Å². The summed E-state index contributed by atoms with van der Waals surface area (Å²) in [6, 6.07) is 22.8. The Morgan fingerprint density at radius 2 is 1.72 bits per heavy atom. The molecule has 0 radical (unpaired) electrons. The molecule has 122 valence electrons. The smallest absolute Gasteiger partial charge is 0.328 e. The molecular formula is C22H17NO2. The number of carbonyl (C=O) groups is 1. The van der Waals surface area contributed by atoms with Gasteiger partial charge in [-0.2, -0.15) is 0 Å². The van der Waals surface area contributed by atoms with E-state index in [9.17, 15) is 4.79 Å². The SMILES string of the molecule is O=C(O)/C=C/c1cccc2ccn(Cc3ccc4ccccc4c3)c12. The molecule has 1 N–H and O–H groups in total. The first kappa shape index (κ1) is 15.2. The van der Waals surface area contributed by atoms with Crippen LogP contribution in [0.25, 0.3) is 27.8 Å². The summed E-state index contributed by atoms with van der Waals surface area (Å²) in [5.41, 5.74) is 3.17. The Hall–Kier alpha value is -3.33. The first-order valence-electron chi connectivity index (χ1n) is 8.17. The molecule has 1 aromatic heterocycles. The van der Waals surface area contributed by atoms with Gasteiger partial charge in [0, 0.05) is 24.2 Å². The first-order valence-corrected chi connectivity index (χ1v) is 8.17. The molecule has 0 aliphatic carbocycles. The normalized spacial score (nSPS) is 11.5. The van der Waals surface area contributed by atoms with Crippen molar-refractivity contribution in [3.63, 3.8) is 0 Å². The van der Waals surface area contributed by atoms with Gasteiger partial charge in [-0.15, -0.1) is 0 Å². The van der Waals surface area contributed by atoms with Crippen molar-refractivity contribution in [2.75, 3.05) is 0 Å². The molecule has 0 spiro atoms. The average Bonchev–Trinajstić information content (AvgIpc) is 3.03. The van der Waals surface area contributed by atoms with Crippen molar-refractivity contribution in [2.24, 2.45) is 0 Å². The van der Waals surface area contributed by atoms with Gasteiger partial charge in [0.25, 0.3) is 0 Å². The predicted molar refractivity (Wildman–Crippen MR) is 102 cm³/mol. The van der Waals surface area contributed by atoms with Crippen LogP contribution >= 0.6 is 0 Å². The van der Waals surface area contributed by atoms with Crippen LogP contribution in [-0.4, -0.2) is 15.6 Å². The Bertz CT molecular complexity index is 1110. The van der Waals surface area contributed by atoms with Crippen molar-refractivity contribution >= 4 is 33.7 Å². The lowest BCUT2D eigenvalue weighted by Gasteiger charge is -2.09. The Morgan fingerprint density at radius 1 is 0.920 bits per heavy atom. The average molecular weight is 327 g/mol. The maximum Gasteiger partial charge on any atom is 0.328 e. The minimum absolute atomic E-state index is 0.742. The summed E-state index contributed by atoms with van der Waals surface area (Å²) in [7, 11) is 0. The minimum atomic E-state index is -0.940. The lowest BCUT2D eigenvalue weighted by Crippen LogP contribution is -1.99. The van der Waals surface area contributed by atoms with Crippen molar-refractivity contribution in [1.29, 1.82) is 0 Å². The molecule has 0 aliphatic rings. The van der Waals surface area contributed by atoms with Gasteiger partial charge >= 0.3 is 5.97 Å². The number of aromatic nitrogens is 1. The van der Waals surface area contributed by atoms with Gasteiger partial charge in [0.2, 0.25) is 0 Å². The molecule has 1 heterocycles. The number of carboxylic acids is 1. The topological polar surface area (TPSA) is 42.2 Å². The van der Waals surface area contributed by atoms with Gasteiger partial charge in [-0.1, -0.05) is 54.6 Å². The number of aliphatic carboxylic acids is 1. The van der Waals surface area contributed by atoms with Gasteiger partial charge in [0.05, 0.1) is 5.52 Å². The highest BCUT2D eigenvalue weighted by Crippen LogP contribution is 2.24. The molecule has 25 heavy (non-hydrogen) atoms. The third-order valence-corrected chi connectivity index (χ3v) is 4.39. The largest absolute Gasteiger partial charge is 0.478 e. The van der Waals surface area contributed by atoms with E-state index in [0.717, 1.165) is 23.0 Å². The molecule has 0 bridgehead atoms. The number of hydrogen-bond donors (Lipinski definition) is 1. The molecule has 0 amide bonds. The standard InChI is InChI=1S/C22H17NO2/c24-21(25)11-10-18-6-3-7-19-12-13-23(22(18)19)15-16-8-9-17-4-1-2-5-20(17)14-16/h1-14H,15H2,(H,24,25)/b11-10+. The van der Waals surface area contributed by atoms with E-state index in [1.165, 1.54) is 22.4 Å². The Kier molecular flexibility index (Phi) is 3.82. The molecule has 0 atom stereocenters. The first-order chi connectivity index (χ1) is 12.2. The van der Waals surface area contributed by atoms with Crippen LogP contribution in [0.2, 0.25) is 0 Å². The number of nitrogens with zero attached hydrogens (tertiary/aromatic N) is 1. The van der Waals surface area contributed by atoms with Crippen molar-refractivity contribution in [3.05, 3.63) is 90.1 Å². The highest BCUT2D eigenvalue weighted by molar-refractivity contribution is 5.93. The zero-order valence-corrected chi connectivity index (χ0v) is 13.6. The van der Waals surface area contributed by atoms with E-state index < -0.39 is 5.97 Å². The molecule has 0 aliphatic heterocycles. The molecule has 4 rings (SSSR count). The summed E-state index contributed by atoms with van der Waals surface area (Å²) in [6.07, 6.45) is 4.89. The van der Waals surface area contributed by atoms with Crippen LogP contribution in [0.4, 0.5) is 0 Å². The van der Waals surface area contributed by atoms with Crippen molar-refractivity contribution in [3.8, 4) is 0 Å². The van der Waals surface area contributed by atoms with E-state index in [4.69, 9.17) is 5.11 Å². The third-order valence-electron chi connectivity index (χ3n) is 4.39. The maximum atomic E-state index is 10.9. The minimum Gasteiger partial charge on any atom is -0.478 e. The van der Waals surface area contributed by atoms with Crippen LogP contribution in [0.1, 0.15) is 11.1 Å². The van der Waals surface area contributed by atoms with Gasteiger partial charge in [0.15, 0.2) is 0 Å². The quantitative estimate of drug-likeness (QED) is 0.539. The Morgan fingerprint density at radius 3 is 2.56 bits per heavy atom. The fraction of sp³-hybridized carbons (Fsp3) is 0.0455.